The number of nitrogens with one attached hydrogen (secondary N) is 2. The van der Waals surface area contributed by atoms with Crippen molar-refractivity contribution in [2.24, 2.45) is 11.5 Å². The largest absolute Gasteiger partial charge is 0.351 e. The Morgan fingerprint density at radius 2 is 1.74 bits per heavy atom. The molecule has 2 aliphatic rings. The lowest BCUT2D eigenvalue weighted by Gasteiger charge is -2.26. The monoisotopic (exact) mass is 577 g/mol. The second kappa shape index (κ2) is 15.8. The molecule has 3 amide bonds. The van der Waals surface area contributed by atoms with Crippen LogP contribution in [0.1, 0.15) is 55.2 Å². The maximum atomic E-state index is 13.3. The van der Waals surface area contributed by atoms with Crippen molar-refractivity contribution in [1.82, 2.24) is 10.2 Å². The number of anilines is 1. The van der Waals surface area contributed by atoms with Gasteiger partial charge in [-0.3, -0.25) is 14.4 Å². The van der Waals surface area contributed by atoms with Gasteiger partial charge >= 0.3 is 0 Å². The number of hydrogen-bond acceptors (Lipinski definition) is 5. The summed E-state index contributed by atoms with van der Waals surface area (Å²) in [4.78, 5) is 40.8. The van der Waals surface area contributed by atoms with Gasteiger partial charge in [0.05, 0.1) is 6.04 Å². The predicted octanol–water partition coefficient (Wildman–Crippen LogP) is 3.13. The van der Waals surface area contributed by atoms with E-state index < -0.39 is 12.1 Å². The first-order valence-electron chi connectivity index (χ1n) is 13.5. The van der Waals surface area contributed by atoms with Gasteiger partial charge < -0.3 is 27.0 Å². The van der Waals surface area contributed by atoms with E-state index in [1.54, 1.807) is 4.90 Å². The van der Waals surface area contributed by atoms with Crippen molar-refractivity contribution in [3.8, 4) is 0 Å². The Kier molecular flexibility index (Phi) is 13.2. The van der Waals surface area contributed by atoms with Crippen LogP contribution in [0.3, 0.4) is 0 Å². The number of hydrogen-bond donors (Lipinski definition) is 4. The summed E-state index contributed by atoms with van der Waals surface area (Å²) in [5.41, 5.74) is 16.3. The molecular weight excluding hydrogens is 537 g/mol. The molecule has 0 aromatic heterocycles. The number of halogens is 2. The van der Waals surface area contributed by atoms with Crippen molar-refractivity contribution in [3.05, 3.63) is 65.2 Å². The number of likely N-dealkylation sites (tertiary alicyclic amines) is 1. The van der Waals surface area contributed by atoms with Crippen LogP contribution in [-0.4, -0.2) is 53.8 Å². The Morgan fingerprint density at radius 1 is 1.00 bits per heavy atom. The first kappa shape index (κ1) is 32.6. The number of amides is 3. The van der Waals surface area contributed by atoms with E-state index in [2.05, 4.69) is 28.8 Å². The van der Waals surface area contributed by atoms with E-state index >= 15 is 0 Å². The maximum absolute atomic E-state index is 13.3. The zero-order chi connectivity index (χ0) is 26.2. The molecule has 8 nitrogen and oxygen atoms in total. The lowest BCUT2D eigenvalue weighted by Crippen LogP contribution is -2.50. The third kappa shape index (κ3) is 8.93. The van der Waals surface area contributed by atoms with Crippen LogP contribution < -0.4 is 22.1 Å². The maximum Gasteiger partial charge on any atom is 0.247 e. The minimum absolute atomic E-state index is 0. The van der Waals surface area contributed by atoms with Gasteiger partial charge in [0.2, 0.25) is 17.7 Å². The van der Waals surface area contributed by atoms with Crippen LogP contribution in [-0.2, 0) is 33.6 Å². The number of fused-ring (bicyclic) bond motifs is 1. The van der Waals surface area contributed by atoms with Crippen molar-refractivity contribution in [2.45, 2.75) is 75.9 Å². The highest BCUT2D eigenvalue weighted by molar-refractivity contribution is 5.98. The van der Waals surface area contributed by atoms with Crippen molar-refractivity contribution < 1.29 is 14.4 Å². The summed E-state index contributed by atoms with van der Waals surface area (Å²) in [6.07, 6.45) is 6.62. The van der Waals surface area contributed by atoms with Crippen LogP contribution >= 0.6 is 24.8 Å². The van der Waals surface area contributed by atoms with E-state index in [1.165, 1.54) is 16.7 Å². The lowest BCUT2D eigenvalue weighted by molar-refractivity contribution is -0.138. The summed E-state index contributed by atoms with van der Waals surface area (Å²) < 4.78 is 0. The van der Waals surface area contributed by atoms with Crippen molar-refractivity contribution in [3.63, 3.8) is 0 Å². The van der Waals surface area contributed by atoms with E-state index in [4.69, 9.17) is 11.5 Å². The topological polar surface area (TPSA) is 131 Å². The highest BCUT2D eigenvalue weighted by atomic mass is 35.5. The number of nitrogens with zero attached hydrogens (tertiary/aromatic N) is 1. The number of rotatable bonds is 11. The zero-order valence-corrected chi connectivity index (χ0v) is 23.9. The zero-order valence-electron chi connectivity index (χ0n) is 22.3. The minimum atomic E-state index is -0.723. The van der Waals surface area contributed by atoms with Crippen LogP contribution in [0.25, 0.3) is 0 Å². The second-order valence-electron chi connectivity index (χ2n) is 10.2. The average molecular weight is 579 g/mol. The third-order valence-electron chi connectivity index (χ3n) is 7.37. The molecule has 214 valence electrons. The Bertz CT molecular complexity index is 1100. The van der Waals surface area contributed by atoms with E-state index in [9.17, 15) is 14.4 Å². The predicted molar refractivity (Wildman–Crippen MR) is 159 cm³/mol. The van der Waals surface area contributed by atoms with Gasteiger partial charge in [0.25, 0.3) is 0 Å². The molecule has 10 heteroatoms. The van der Waals surface area contributed by atoms with Gasteiger partial charge in [-0.05, 0) is 86.7 Å². The molecule has 0 spiro atoms. The summed E-state index contributed by atoms with van der Waals surface area (Å²) in [6, 6.07) is 14.4. The molecule has 4 rings (SSSR count). The van der Waals surface area contributed by atoms with E-state index in [1.807, 2.05) is 30.3 Å². The molecule has 1 saturated heterocycles. The van der Waals surface area contributed by atoms with Crippen molar-refractivity contribution in [1.29, 1.82) is 0 Å². The number of carbonyl (C=O) groups excluding carboxylic acids is 3. The van der Waals surface area contributed by atoms with Crippen LogP contribution in [0.4, 0.5) is 5.69 Å². The summed E-state index contributed by atoms with van der Waals surface area (Å²) in [5.74, 6) is -0.595. The molecule has 0 saturated carbocycles. The molecule has 1 aliphatic heterocycles. The molecule has 1 fully saturated rings. The second-order valence-corrected chi connectivity index (χ2v) is 10.2. The molecular formula is C29H41Cl2N5O3. The molecule has 0 bridgehead atoms. The quantitative estimate of drug-likeness (QED) is 0.326. The number of nitrogens with two attached hydrogens (primary N) is 2. The number of aryl methyl sites for hydroxylation is 3. The van der Waals surface area contributed by atoms with Crippen molar-refractivity contribution in [2.75, 3.05) is 18.4 Å². The Hall–Kier alpha value is -2.65. The summed E-state index contributed by atoms with van der Waals surface area (Å²) in [7, 11) is 0. The fourth-order valence-corrected chi connectivity index (χ4v) is 5.38. The normalized spacial score (nSPS) is 18.4. The molecule has 0 radical (unpaired) electrons. The van der Waals surface area contributed by atoms with Gasteiger partial charge in [0, 0.05) is 24.7 Å². The Labute approximate surface area is 243 Å². The van der Waals surface area contributed by atoms with Gasteiger partial charge in [0.1, 0.15) is 6.04 Å². The molecule has 39 heavy (non-hydrogen) atoms. The average Bonchev–Trinajstić information content (AvgIpc) is 3.54. The molecule has 1 aliphatic carbocycles. The number of benzene rings is 2. The van der Waals surface area contributed by atoms with E-state index in [0.717, 1.165) is 37.8 Å². The Balaban J connectivity index is 0.00000267. The van der Waals surface area contributed by atoms with Crippen LogP contribution in [0, 0.1) is 0 Å². The third-order valence-corrected chi connectivity index (χ3v) is 7.37. The SMILES string of the molecule is Cl.Cl.NCCC[C@@H](N)C(=O)N1C[C@@H](NC(=O)CCCc2ccccc2)C[C@H]1C(=O)Nc1ccc2c(c1)CCC2. The standard InChI is InChI=1S/C29H39N5O3.2ClH/c30-16-6-12-25(31)29(37)34-19-24(32-27(35)13-4-9-20-7-2-1-3-8-20)18-26(34)28(36)33-23-15-14-21-10-5-11-22(21)17-23;;/h1-3,7-8,14-15,17,24-26H,4-6,9-13,16,18-19,30-31H2,(H,32,35)(H,33,36);2*1H/t24-,25+,26-;;/m0../s1. The molecule has 0 unspecified atom stereocenters. The number of carbonyl (C=O) groups is 3. The first-order valence-corrected chi connectivity index (χ1v) is 13.5. The smallest absolute Gasteiger partial charge is 0.247 e. The fraction of sp³-hybridized carbons (Fsp3) is 0.483. The Morgan fingerprint density at radius 3 is 2.49 bits per heavy atom. The van der Waals surface area contributed by atoms with Crippen LogP contribution in [0.5, 0.6) is 0 Å². The summed E-state index contributed by atoms with van der Waals surface area (Å²) in [5, 5.41) is 6.04. The first-order chi connectivity index (χ1) is 17.9. The minimum Gasteiger partial charge on any atom is -0.351 e. The molecule has 2 aromatic rings. The van der Waals surface area contributed by atoms with Gasteiger partial charge in [-0.1, -0.05) is 36.4 Å². The molecule has 2 aromatic carbocycles. The van der Waals surface area contributed by atoms with Gasteiger partial charge in [-0.15, -0.1) is 24.8 Å². The summed E-state index contributed by atoms with van der Waals surface area (Å²) >= 11 is 0. The van der Waals surface area contributed by atoms with Gasteiger partial charge in [-0.2, -0.15) is 0 Å². The van der Waals surface area contributed by atoms with E-state index in [0.29, 0.717) is 32.2 Å². The molecule has 1 heterocycles. The molecule has 3 atom stereocenters. The van der Waals surface area contributed by atoms with Gasteiger partial charge in [-0.25, -0.2) is 0 Å². The lowest BCUT2D eigenvalue weighted by atomic mass is 10.1. The fourth-order valence-electron chi connectivity index (χ4n) is 5.38. The van der Waals surface area contributed by atoms with E-state index in [-0.39, 0.29) is 55.1 Å². The highest BCUT2D eigenvalue weighted by Crippen LogP contribution is 2.26. The summed E-state index contributed by atoms with van der Waals surface area (Å²) in [6.45, 7) is 0.715. The van der Waals surface area contributed by atoms with Gasteiger partial charge in [0.15, 0.2) is 0 Å². The van der Waals surface area contributed by atoms with Crippen LogP contribution in [0.15, 0.2) is 48.5 Å². The van der Waals surface area contributed by atoms with Crippen LogP contribution in [0.2, 0.25) is 0 Å². The highest BCUT2D eigenvalue weighted by Gasteiger charge is 2.41. The molecule has 6 N–H and O–H groups in total. The van der Waals surface area contributed by atoms with Crippen molar-refractivity contribution >= 4 is 48.2 Å².